The molecule has 42 valence electrons. The van der Waals surface area contributed by atoms with Crippen molar-refractivity contribution in [2.24, 2.45) is 9.98 Å². The van der Waals surface area contributed by atoms with E-state index in [1.165, 1.54) is 6.08 Å². The Hall–Kier alpha value is -1.15. The van der Waals surface area contributed by atoms with Crippen LogP contribution >= 0.6 is 0 Å². The van der Waals surface area contributed by atoms with E-state index in [-0.39, 0.29) is 6.02 Å². The third-order valence-electron chi connectivity index (χ3n) is 0.711. The van der Waals surface area contributed by atoms with Gasteiger partial charge in [0.2, 0.25) is 6.08 Å². The number of ether oxygens (including phenoxy) is 1. The Morgan fingerprint density at radius 1 is 1.88 bits per heavy atom. The molecule has 0 saturated heterocycles. The van der Waals surface area contributed by atoms with E-state index in [1.54, 1.807) is 0 Å². The van der Waals surface area contributed by atoms with Gasteiger partial charge < -0.3 is 4.74 Å². The lowest BCUT2D eigenvalue weighted by Crippen LogP contribution is -1.92. The number of hydrogen-bond acceptors (Lipinski definition) is 4. The highest BCUT2D eigenvalue weighted by atomic mass is 16.5. The summed E-state index contributed by atoms with van der Waals surface area (Å²) in [6, 6.07) is 0.153. The molecule has 0 amide bonds. The summed E-state index contributed by atoms with van der Waals surface area (Å²) < 4.78 is 4.71. The molecular formula is C4H4N2O2. The molecule has 1 rings (SSSR count). The lowest BCUT2D eigenvalue weighted by Gasteiger charge is -1.85. The van der Waals surface area contributed by atoms with Crippen molar-refractivity contribution in [2.75, 3.05) is 13.2 Å². The van der Waals surface area contributed by atoms with Crippen LogP contribution in [0.5, 0.6) is 0 Å². The molecule has 0 saturated carbocycles. The highest BCUT2D eigenvalue weighted by molar-refractivity contribution is 5.80. The summed E-state index contributed by atoms with van der Waals surface area (Å²) in [6.45, 7) is 1.13. The molecule has 0 aliphatic carbocycles. The van der Waals surface area contributed by atoms with Crippen LogP contribution in [-0.4, -0.2) is 25.3 Å². The maximum Gasteiger partial charge on any atom is 0.322 e. The summed E-state index contributed by atoms with van der Waals surface area (Å²) in [7, 11) is 0. The summed E-state index contributed by atoms with van der Waals surface area (Å²) in [6.07, 6.45) is 1.33. The zero-order chi connectivity index (χ0) is 5.82. The van der Waals surface area contributed by atoms with E-state index in [0.29, 0.717) is 13.2 Å². The van der Waals surface area contributed by atoms with Crippen LogP contribution in [0.2, 0.25) is 0 Å². The Bertz CT molecular complexity index is 157. The Kier molecular flexibility index (Phi) is 1.39. The fourth-order valence-electron chi connectivity index (χ4n) is 0.431. The second-order valence-electron chi connectivity index (χ2n) is 1.22. The van der Waals surface area contributed by atoms with Gasteiger partial charge in [-0.25, -0.2) is 9.79 Å². The van der Waals surface area contributed by atoms with Gasteiger partial charge in [-0.15, -0.1) is 4.99 Å². The number of hydrogen-bond donors (Lipinski definition) is 0. The molecule has 8 heavy (non-hydrogen) atoms. The van der Waals surface area contributed by atoms with Gasteiger partial charge in [0.1, 0.15) is 6.61 Å². The van der Waals surface area contributed by atoms with Crippen LogP contribution in [-0.2, 0) is 9.53 Å². The van der Waals surface area contributed by atoms with Gasteiger partial charge in [0.25, 0.3) is 0 Å². The van der Waals surface area contributed by atoms with Crippen molar-refractivity contribution in [2.45, 2.75) is 0 Å². The highest BCUT2D eigenvalue weighted by Crippen LogP contribution is 1.92. The number of nitrogens with zero attached hydrogens (tertiary/aromatic N) is 2. The van der Waals surface area contributed by atoms with Gasteiger partial charge in [0.05, 0.1) is 6.54 Å². The Balaban J connectivity index is 2.57. The summed E-state index contributed by atoms with van der Waals surface area (Å²) in [4.78, 5) is 16.3. The summed E-state index contributed by atoms with van der Waals surface area (Å²) >= 11 is 0. The topological polar surface area (TPSA) is 51.0 Å². The molecule has 0 bridgehead atoms. The summed E-state index contributed by atoms with van der Waals surface area (Å²) in [5.74, 6) is 0. The summed E-state index contributed by atoms with van der Waals surface area (Å²) in [5, 5.41) is 0. The average Bonchev–Trinajstić information content (AvgIpc) is 2.19. The first kappa shape index (κ1) is 5.00. The van der Waals surface area contributed by atoms with Crippen LogP contribution < -0.4 is 0 Å². The van der Waals surface area contributed by atoms with Crippen LogP contribution in [0.25, 0.3) is 0 Å². The lowest BCUT2D eigenvalue weighted by molar-refractivity contribution is 0.343. The van der Waals surface area contributed by atoms with Crippen molar-refractivity contribution in [3.63, 3.8) is 0 Å². The zero-order valence-corrected chi connectivity index (χ0v) is 4.13. The molecule has 0 aromatic heterocycles. The van der Waals surface area contributed by atoms with E-state index in [9.17, 15) is 4.79 Å². The van der Waals surface area contributed by atoms with E-state index in [2.05, 4.69) is 9.98 Å². The predicted molar refractivity (Wildman–Crippen MR) is 26.4 cm³/mol. The van der Waals surface area contributed by atoms with E-state index < -0.39 is 0 Å². The first-order valence-electron chi connectivity index (χ1n) is 2.18. The molecule has 1 aliphatic heterocycles. The first-order chi connectivity index (χ1) is 3.93. The minimum atomic E-state index is 0.153. The van der Waals surface area contributed by atoms with E-state index in [4.69, 9.17) is 4.74 Å². The zero-order valence-electron chi connectivity index (χ0n) is 4.13. The summed E-state index contributed by atoms with van der Waals surface area (Å²) in [5.41, 5.74) is 0. The van der Waals surface area contributed by atoms with Crippen molar-refractivity contribution < 1.29 is 9.53 Å². The highest BCUT2D eigenvalue weighted by Gasteiger charge is 2.02. The van der Waals surface area contributed by atoms with Crippen LogP contribution in [0.3, 0.4) is 0 Å². The molecule has 0 fully saturated rings. The molecule has 0 spiro atoms. The molecule has 0 aromatic rings. The molecule has 1 heterocycles. The third-order valence-corrected chi connectivity index (χ3v) is 0.711. The van der Waals surface area contributed by atoms with Crippen LogP contribution in [0, 0.1) is 0 Å². The number of rotatable bonds is 0. The minimum Gasteiger partial charge on any atom is -0.461 e. The van der Waals surface area contributed by atoms with Gasteiger partial charge in [-0.2, -0.15) is 0 Å². The molecule has 0 unspecified atom stereocenters. The molecule has 0 aromatic carbocycles. The quantitative estimate of drug-likeness (QED) is 0.319. The Morgan fingerprint density at radius 2 is 2.75 bits per heavy atom. The van der Waals surface area contributed by atoms with Crippen LogP contribution in [0.1, 0.15) is 0 Å². The molecular weight excluding hydrogens is 108 g/mol. The Labute approximate surface area is 45.9 Å². The molecule has 4 heteroatoms. The SMILES string of the molecule is O=C=NC1=NCCO1. The fraction of sp³-hybridized carbons (Fsp3) is 0.500. The van der Waals surface area contributed by atoms with Crippen molar-refractivity contribution in [3.8, 4) is 0 Å². The standard InChI is InChI=1S/C4H4N2O2/c7-3-6-4-5-1-2-8-4/h1-2H2. The number of amidine groups is 1. The van der Waals surface area contributed by atoms with Crippen molar-refractivity contribution in [1.29, 1.82) is 0 Å². The molecule has 1 aliphatic rings. The number of isocyanates is 1. The lowest BCUT2D eigenvalue weighted by atomic mass is 10.8. The molecule has 0 N–H and O–H groups in total. The normalized spacial score (nSPS) is 16.2. The second kappa shape index (κ2) is 2.23. The van der Waals surface area contributed by atoms with E-state index in [0.717, 1.165) is 0 Å². The smallest absolute Gasteiger partial charge is 0.322 e. The third kappa shape index (κ3) is 0.918. The Morgan fingerprint density at radius 3 is 3.25 bits per heavy atom. The van der Waals surface area contributed by atoms with Gasteiger partial charge in [-0.05, 0) is 0 Å². The molecule has 4 nitrogen and oxygen atoms in total. The van der Waals surface area contributed by atoms with Crippen molar-refractivity contribution in [1.82, 2.24) is 0 Å². The molecule has 0 radical (unpaired) electrons. The maximum atomic E-state index is 9.51. The first-order valence-corrected chi connectivity index (χ1v) is 2.18. The minimum absolute atomic E-state index is 0.153. The van der Waals surface area contributed by atoms with Gasteiger partial charge in [0, 0.05) is 0 Å². The van der Waals surface area contributed by atoms with Crippen molar-refractivity contribution >= 4 is 12.1 Å². The predicted octanol–water partition coefficient (Wildman–Crippen LogP) is -0.292. The second-order valence-corrected chi connectivity index (χ2v) is 1.22. The number of aliphatic imine (C=N–C) groups is 2. The fourth-order valence-corrected chi connectivity index (χ4v) is 0.431. The largest absolute Gasteiger partial charge is 0.461 e. The average molecular weight is 112 g/mol. The van der Waals surface area contributed by atoms with Gasteiger partial charge >= 0.3 is 6.02 Å². The van der Waals surface area contributed by atoms with E-state index in [1.807, 2.05) is 0 Å². The monoisotopic (exact) mass is 112 g/mol. The molecule has 0 atom stereocenters. The van der Waals surface area contributed by atoms with E-state index >= 15 is 0 Å². The van der Waals surface area contributed by atoms with Crippen molar-refractivity contribution in [3.05, 3.63) is 0 Å². The van der Waals surface area contributed by atoms with Gasteiger partial charge in [-0.1, -0.05) is 0 Å². The maximum absolute atomic E-state index is 9.51. The van der Waals surface area contributed by atoms with Crippen LogP contribution in [0.4, 0.5) is 0 Å². The van der Waals surface area contributed by atoms with Gasteiger partial charge in [-0.3, -0.25) is 0 Å². The number of carbonyl (C=O) groups excluding carboxylic acids is 1. The van der Waals surface area contributed by atoms with Gasteiger partial charge in [0.15, 0.2) is 0 Å². The van der Waals surface area contributed by atoms with Crippen LogP contribution in [0.15, 0.2) is 9.98 Å².